The van der Waals surface area contributed by atoms with E-state index >= 15 is 0 Å². The maximum atomic E-state index is 12.4. The zero-order valence-corrected chi connectivity index (χ0v) is 15.2. The summed E-state index contributed by atoms with van der Waals surface area (Å²) in [6.45, 7) is 3.73. The Morgan fingerprint density at radius 3 is 2.77 bits per heavy atom. The Morgan fingerprint density at radius 2 is 2.08 bits per heavy atom. The first-order chi connectivity index (χ1) is 12.1. The van der Waals surface area contributed by atoms with E-state index in [2.05, 4.69) is 20.9 Å². The van der Waals surface area contributed by atoms with E-state index in [9.17, 15) is 14.9 Å². The van der Waals surface area contributed by atoms with E-state index in [4.69, 9.17) is 0 Å². The number of hydrogen-bond donors (Lipinski definition) is 2. The van der Waals surface area contributed by atoms with Crippen molar-refractivity contribution in [2.45, 2.75) is 32.4 Å². The number of para-hydroxylation sites is 1. The summed E-state index contributed by atoms with van der Waals surface area (Å²) >= 11 is 0. The van der Waals surface area contributed by atoms with E-state index in [1.54, 1.807) is 22.9 Å². The number of hydrogen-bond acceptors (Lipinski definition) is 6. The molecule has 1 aliphatic rings. The van der Waals surface area contributed by atoms with E-state index in [0.29, 0.717) is 11.3 Å². The number of carbonyl (C=O) groups is 1. The van der Waals surface area contributed by atoms with Gasteiger partial charge in [0, 0.05) is 18.2 Å². The van der Waals surface area contributed by atoms with Crippen molar-refractivity contribution < 1.29 is 9.72 Å². The van der Waals surface area contributed by atoms with Crippen LogP contribution in [0.3, 0.4) is 0 Å². The number of rotatable bonds is 5. The molecule has 0 radical (unpaired) electrons. The Kier molecular flexibility index (Phi) is 6.64. The second kappa shape index (κ2) is 8.72. The van der Waals surface area contributed by atoms with Crippen molar-refractivity contribution in [2.75, 3.05) is 13.1 Å². The summed E-state index contributed by atoms with van der Waals surface area (Å²) < 4.78 is 1.81. The lowest BCUT2D eigenvalue weighted by atomic mass is 10.1. The predicted molar refractivity (Wildman–Crippen MR) is 97.4 cm³/mol. The summed E-state index contributed by atoms with van der Waals surface area (Å²) in [7, 11) is 0. The van der Waals surface area contributed by atoms with Gasteiger partial charge in [-0.1, -0.05) is 23.4 Å². The van der Waals surface area contributed by atoms with Crippen molar-refractivity contribution >= 4 is 24.0 Å². The topological polar surface area (TPSA) is 115 Å². The largest absolute Gasteiger partial charge is 0.346 e. The fraction of sp³-hybridized carbons (Fsp3) is 0.438. The summed E-state index contributed by atoms with van der Waals surface area (Å²) in [6, 6.07) is 6.58. The minimum atomic E-state index is -0.458. The molecule has 1 saturated heterocycles. The number of nitrogens with zero attached hydrogens (tertiary/aromatic N) is 4. The molecule has 2 heterocycles. The molecular weight excluding hydrogens is 360 g/mol. The molecule has 140 valence electrons. The van der Waals surface area contributed by atoms with Crippen LogP contribution in [0, 0.1) is 17.0 Å². The van der Waals surface area contributed by atoms with Crippen molar-refractivity contribution in [1.29, 1.82) is 0 Å². The summed E-state index contributed by atoms with van der Waals surface area (Å²) in [5.41, 5.74) is 1.41. The van der Waals surface area contributed by atoms with Crippen molar-refractivity contribution in [3.05, 3.63) is 51.3 Å². The number of aromatic nitrogens is 3. The highest BCUT2D eigenvalue weighted by molar-refractivity contribution is 5.93. The van der Waals surface area contributed by atoms with Crippen LogP contribution in [-0.2, 0) is 6.54 Å². The van der Waals surface area contributed by atoms with Crippen LogP contribution in [0.5, 0.6) is 0 Å². The maximum Gasteiger partial charge on any atom is 0.274 e. The Labute approximate surface area is 156 Å². The van der Waals surface area contributed by atoms with Gasteiger partial charge in [0.15, 0.2) is 5.69 Å². The molecule has 0 spiro atoms. The van der Waals surface area contributed by atoms with E-state index < -0.39 is 4.92 Å². The van der Waals surface area contributed by atoms with Crippen LogP contribution >= 0.6 is 12.4 Å². The van der Waals surface area contributed by atoms with Crippen molar-refractivity contribution in [1.82, 2.24) is 25.6 Å². The Hall–Kier alpha value is -2.52. The minimum absolute atomic E-state index is 0. The van der Waals surface area contributed by atoms with Crippen LogP contribution in [0.1, 0.15) is 40.6 Å². The van der Waals surface area contributed by atoms with Crippen LogP contribution in [0.2, 0.25) is 0 Å². The summed E-state index contributed by atoms with van der Waals surface area (Å²) in [4.78, 5) is 23.0. The average molecular weight is 381 g/mol. The molecule has 1 amide bonds. The van der Waals surface area contributed by atoms with Gasteiger partial charge in [0.1, 0.15) is 0 Å². The number of piperidine rings is 1. The molecule has 2 N–H and O–H groups in total. The first-order valence-electron chi connectivity index (χ1n) is 8.21. The third kappa shape index (κ3) is 4.17. The molecular formula is C16H21ClN6O3. The highest BCUT2D eigenvalue weighted by Gasteiger charge is 2.23. The van der Waals surface area contributed by atoms with Gasteiger partial charge in [0.25, 0.3) is 11.6 Å². The number of benzene rings is 1. The third-order valence-corrected chi connectivity index (χ3v) is 4.42. The minimum Gasteiger partial charge on any atom is -0.346 e. The third-order valence-electron chi connectivity index (χ3n) is 4.42. The molecule has 26 heavy (non-hydrogen) atoms. The fourth-order valence-corrected chi connectivity index (χ4v) is 3.05. The van der Waals surface area contributed by atoms with Crippen molar-refractivity contribution in [3.8, 4) is 0 Å². The molecule has 0 unspecified atom stereocenters. The van der Waals surface area contributed by atoms with Crippen LogP contribution in [0.15, 0.2) is 24.3 Å². The smallest absolute Gasteiger partial charge is 0.274 e. The molecule has 1 aromatic heterocycles. The molecule has 0 atom stereocenters. The summed E-state index contributed by atoms with van der Waals surface area (Å²) in [5, 5.41) is 25.2. The lowest BCUT2D eigenvalue weighted by molar-refractivity contribution is -0.385. The van der Waals surface area contributed by atoms with Gasteiger partial charge in [-0.15, -0.1) is 17.5 Å². The van der Waals surface area contributed by atoms with E-state index in [0.717, 1.165) is 25.9 Å². The molecule has 3 rings (SSSR count). The number of halogens is 1. The van der Waals surface area contributed by atoms with Crippen LogP contribution in [0.4, 0.5) is 5.69 Å². The number of nitro groups is 1. The first kappa shape index (κ1) is 19.8. The van der Waals surface area contributed by atoms with Gasteiger partial charge in [-0.25, -0.2) is 4.68 Å². The second-order valence-corrected chi connectivity index (χ2v) is 6.02. The second-order valence-electron chi connectivity index (χ2n) is 6.02. The average Bonchev–Trinajstić information content (AvgIpc) is 3.02. The summed E-state index contributed by atoms with van der Waals surface area (Å²) in [6.07, 6.45) is 1.89. The SMILES string of the molecule is Cc1c(C(=O)NCc2ccccc2[N+](=O)[O-])nnn1C1CCNCC1.Cl. The van der Waals surface area contributed by atoms with E-state index in [1.165, 1.54) is 6.07 Å². The Balaban J connectivity index is 0.00000243. The van der Waals surface area contributed by atoms with Gasteiger partial charge in [0.2, 0.25) is 0 Å². The quantitative estimate of drug-likeness (QED) is 0.603. The molecule has 0 saturated carbocycles. The lowest BCUT2D eigenvalue weighted by Crippen LogP contribution is -2.30. The van der Waals surface area contributed by atoms with Gasteiger partial charge in [-0.05, 0) is 32.9 Å². The van der Waals surface area contributed by atoms with Gasteiger partial charge in [-0.2, -0.15) is 0 Å². The number of nitro benzene ring substituents is 1. The first-order valence-corrected chi connectivity index (χ1v) is 8.21. The fourth-order valence-electron chi connectivity index (χ4n) is 3.05. The maximum absolute atomic E-state index is 12.4. The van der Waals surface area contributed by atoms with Crippen molar-refractivity contribution in [3.63, 3.8) is 0 Å². The summed E-state index contributed by atoms with van der Waals surface area (Å²) in [5.74, 6) is -0.379. The Bertz CT molecular complexity index is 788. The lowest BCUT2D eigenvalue weighted by Gasteiger charge is -2.23. The molecule has 2 aromatic rings. The molecule has 10 heteroatoms. The highest BCUT2D eigenvalue weighted by atomic mass is 35.5. The van der Waals surface area contributed by atoms with E-state index in [-0.39, 0.29) is 42.3 Å². The van der Waals surface area contributed by atoms with Crippen molar-refractivity contribution in [2.24, 2.45) is 0 Å². The zero-order valence-electron chi connectivity index (χ0n) is 14.3. The van der Waals surface area contributed by atoms with Crippen LogP contribution in [-0.4, -0.2) is 38.9 Å². The van der Waals surface area contributed by atoms with Crippen LogP contribution < -0.4 is 10.6 Å². The molecule has 1 aromatic carbocycles. The monoisotopic (exact) mass is 380 g/mol. The Morgan fingerprint density at radius 1 is 1.38 bits per heavy atom. The number of carbonyl (C=O) groups excluding carboxylic acids is 1. The van der Waals surface area contributed by atoms with Gasteiger partial charge >= 0.3 is 0 Å². The van der Waals surface area contributed by atoms with Gasteiger partial charge < -0.3 is 10.6 Å². The molecule has 0 bridgehead atoms. The van der Waals surface area contributed by atoms with Gasteiger partial charge in [-0.3, -0.25) is 14.9 Å². The normalized spacial score (nSPS) is 14.5. The molecule has 0 aliphatic carbocycles. The standard InChI is InChI=1S/C16H20N6O3.ClH/c1-11-15(19-20-21(11)13-6-8-17-9-7-13)16(23)18-10-12-4-2-3-5-14(12)22(24)25;/h2-5,13,17H,6-10H2,1H3,(H,18,23);1H. The van der Waals surface area contributed by atoms with E-state index in [1.807, 2.05) is 6.92 Å². The highest BCUT2D eigenvalue weighted by Crippen LogP contribution is 2.21. The zero-order chi connectivity index (χ0) is 17.8. The molecule has 1 fully saturated rings. The molecule has 9 nitrogen and oxygen atoms in total. The van der Waals surface area contributed by atoms with Gasteiger partial charge in [0.05, 0.1) is 16.7 Å². The van der Waals surface area contributed by atoms with Crippen LogP contribution in [0.25, 0.3) is 0 Å². The predicted octanol–water partition coefficient (Wildman–Crippen LogP) is 1.77. The number of amides is 1. The number of nitrogens with one attached hydrogen (secondary N) is 2. The molecule has 1 aliphatic heterocycles.